The Kier molecular flexibility index (Phi) is 6.89. The zero-order chi connectivity index (χ0) is 19.1. The predicted molar refractivity (Wildman–Crippen MR) is 101 cm³/mol. The minimum atomic E-state index is -0.804. The van der Waals surface area contributed by atoms with Gasteiger partial charge in [0.2, 0.25) is 0 Å². The van der Waals surface area contributed by atoms with Crippen LogP contribution in [-0.4, -0.2) is 62.8 Å². The summed E-state index contributed by atoms with van der Waals surface area (Å²) in [5.74, 6) is -1.14. The van der Waals surface area contributed by atoms with E-state index in [-0.39, 0.29) is 5.92 Å². The molecule has 2 heterocycles. The van der Waals surface area contributed by atoms with Gasteiger partial charge in [0.25, 0.3) is 0 Å². The average molecular weight is 372 g/mol. The molecule has 8 nitrogen and oxygen atoms in total. The second kappa shape index (κ2) is 9.57. The summed E-state index contributed by atoms with van der Waals surface area (Å²) >= 11 is 0. The molecule has 1 aromatic heterocycles. The molecule has 0 spiro atoms. The highest BCUT2D eigenvalue weighted by Crippen LogP contribution is 2.30. The van der Waals surface area contributed by atoms with Crippen molar-refractivity contribution in [1.29, 1.82) is 0 Å². The number of aliphatic carboxylic acids is 1. The number of hydrogen-bond acceptors (Lipinski definition) is 6. The van der Waals surface area contributed by atoms with Crippen LogP contribution in [0.25, 0.3) is 0 Å². The SMILES string of the molecule is CCCC(C(=O)O)C(Cc1ccc(CN2CCNCC2)cc1)c1nn[nH]n1. The number of carboxylic acids is 1. The lowest BCUT2D eigenvalue weighted by Gasteiger charge is -2.27. The molecule has 146 valence electrons. The molecule has 1 aliphatic rings. The van der Waals surface area contributed by atoms with Crippen LogP contribution in [0.2, 0.25) is 0 Å². The monoisotopic (exact) mass is 372 g/mol. The second-order valence-corrected chi connectivity index (χ2v) is 7.16. The van der Waals surface area contributed by atoms with E-state index in [2.05, 4.69) is 55.1 Å². The van der Waals surface area contributed by atoms with Gasteiger partial charge in [0.05, 0.1) is 5.92 Å². The van der Waals surface area contributed by atoms with Gasteiger partial charge in [-0.1, -0.05) is 42.8 Å². The Morgan fingerprint density at radius 3 is 2.52 bits per heavy atom. The molecule has 2 aromatic rings. The van der Waals surface area contributed by atoms with Crippen LogP contribution in [0.1, 0.15) is 42.6 Å². The molecule has 8 heteroatoms. The van der Waals surface area contributed by atoms with Crippen molar-refractivity contribution in [2.75, 3.05) is 26.2 Å². The second-order valence-electron chi connectivity index (χ2n) is 7.16. The molecule has 2 unspecified atom stereocenters. The molecular formula is C19H28N6O2. The fraction of sp³-hybridized carbons (Fsp3) is 0.579. The number of nitrogens with one attached hydrogen (secondary N) is 2. The first-order valence-corrected chi connectivity index (χ1v) is 9.64. The van der Waals surface area contributed by atoms with Crippen LogP contribution in [0.15, 0.2) is 24.3 Å². The number of rotatable bonds is 9. The van der Waals surface area contributed by atoms with Crippen LogP contribution >= 0.6 is 0 Å². The Balaban J connectivity index is 1.70. The lowest BCUT2D eigenvalue weighted by atomic mass is 9.83. The largest absolute Gasteiger partial charge is 0.481 e. The number of tetrazole rings is 1. The van der Waals surface area contributed by atoms with Crippen LogP contribution in [-0.2, 0) is 17.8 Å². The van der Waals surface area contributed by atoms with Crippen molar-refractivity contribution in [3.8, 4) is 0 Å². The third-order valence-corrected chi connectivity index (χ3v) is 5.19. The Morgan fingerprint density at radius 1 is 1.22 bits per heavy atom. The molecule has 27 heavy (non-hydrogen) atoms. The lowest BCUT2D eigenvalue weighted by Crippen LogP contribution is -2.42. The third-order valence-electron chi connectivity index (χ3n) is 5.19. The predicted octanol–water partition coefficient (Wildman–Crippen LogP) is 1.43. The number of piperazine rings is 1. The highest BCUT2D eigenvalue weighted by molar-refractivity contribution is 5.71. The minimum Gasteiger partial charge on any atom is -0.481 e. The smallest absolute Gasteiger partial charge is 0.307 e. The topological polar surface area (TPSA) is 107 Å². The molecule has 3 N–H and O–H groups in total. The molecule has 1 saturated heterocycles. The molecule has 0 aliphatic carbocycles. The quantitative estimate of drug-likeness (QED) is 0.611. The lowest BCUT2D eigenvalue weighted by molar-refractivity contribution is -0.142. The van der Waals surface area contributed by atoms with E-state index in [0.29, 0.717) is 18.7 Å². The summed E-state index contributed by atoms with van der Waals surface area (Å²) in [6, 6.07) is 8.46. The number of carbonyl (C=O) groups is 1. The number of hydrogen-bond donors (Lipinski definition) is 3. The Labute approximate surface area is 159 Å². The average Bonchev–Trinajstić information content (AvgIpc) is 3.21. The number of nitrogens with zero attached hydrogens (tertiary/aromatic N) is 4. The van der Waals surface area contributed by atoms with Gasteiger partial charge in [0.1, 0.15) is 0 Å². The van der Waals surface area contributed by atoms with Gasteiger partial charge in [0.15, 0.2) is 5.82 Å². The van der Waals surface area contributed by atoms with Crippen molar-refractivity contribution < 1.29 is 9.90 Å². The normalized spacial score (nSPS) is 17.5. The third kappa shape index (κ3) is 5.33. The van der Waals surface area contributed by atoms with Gasteiger partial charge in [-0.15, -0.1) is 10.2 Å². The first-order chi connectivity index (χ1) is 13.2. The number of benzene rings is 1. The van der Waals surface area contributed by atoms with E-state index in [1.165, 1.54) is 5.56 Å². The van der Waals surface area contributed by atoms with Gasteiger partial charge in [-0.05, 0) is 24.0 Å². The molecule has 2 atom stereocenters. The van der Waals surface area contributed by atoms with Crippen LogP contribution in [0.5, 0.6) is 0 Å². The number of H-pyrrole nitrogens is 1. The van der Waals surface area contributed by atoms with Crippen molar-refractivity contribution >= 4 is 5.97 Å². The van der Waals surface area contributed by atoms with Gasteiger partial charge >= 0.3 is 5.97 Å². The maximum atomic E-state index is 11.8. The van der Waals surface area contributed by atoms with E-state index in [9.17, 15) is 9.90 Å². The fourth-order valence-electron chi connectivity index (χ4n) is 3.71. The molecule has 1 aliphatic heterocycles. The molecule has 0 amide bonds. The van der Waals surface area contributed by atoms with Crippen molar-refractivity contribution in [2.24, 2.45) is 5.92 Å². The summed E-state index contributed by atoms with van der Waals surface area (Å²) < 4.78 is 0. The number of carboxylic acid groups (broad SMARTS) is 1. The fourth-order valence-corrected chi connectivity index (χ4v) is 3.71. The van der Waals surface area contributed by atoms with Gasteiger partial charge in [-0.25, -0.2) is 0 Å². The first-order valence-electron chi connectivity index (χ1n) is 9.64. The Bertz CT molecular complexity index is 697. The number of aromatic amines is 1. The van der Waals surface area contributed by atoms with E-state index in [1.54, 1.807) is 0 Å². The van der Waals surface area contributed by atoms with Gasteiger partial charge in [-0.2, -0.15) is 5.21 Å². The molecule has 0 saturated carbocycles. The molecule has 3 rings (SSSR count). The minimum absolute atomic E-state index is 0.291. The van der Waals surface area contributed by atoms with Crippen molar-refractivity contribution in [1.82, 2.24) is 30.8 Å². The summed E-state index contributed by atoms with van der Waals surface area (Å²) in [5.41, 5.74) is 2.37. The van der Waals surface area contributed by atoms with Crippen LogP contribution in [0.3, 0.4) is 0 Å². The molecule has 0 bridgehead atoms. The zero-order valence-electron chi connectivity index (χ0n) is 15.8. The summed E-state index contributed by atoms with van der Waals surface area (Å²) in [7, 11) is 0. The Morgan fingerprint density at radius 2 is 1.93 bits per heavy atom. The maximum Gasteiger partial charge on any atom is 0.307 e. The van der Waals surface area contributed by atoms with Crippen LogP contribution in [0.4, 0.5) is 0 Å². The van der Waals surface area contributed by atoms with E-state index in [4.69, 9.17) is 0 Å². The zero-order valence-corrected chi connectivity index (χ0v) is 15.8. The molecule has 1 aromatic carbocycles. The highest BCUT2D eigenvalue weighted by atomic mass is 16.4. The standard InChI is InChI=1S/C19H28N6O2/c1-2-3-16(19(26)27)17(18-21-23-24-22-18)12-14-4-6-15(7-5-14)13-25-10-8-20-9-11-25/h4-7,16-17,20H,2-3,8-13H2,1H3,(H,26,27)(H,21,22,23,24). The summed E-state index contributed by atoms with van der Waals surface area (Å²) in [6.07, 6.45) is 1.98. The van der Waals surface area contributed by atoms with Crippen molar-refractivity contribution in [3.05, 3.63) is 41.2 Å². The van der Waals surface area contributed by atoms with Crippen LogP contribution in [0, 0.1) is 5.92 Å². The van der Waals surface area contributed by atoms with Crippen LogP contribution < -0.4 is 5.32 Å². The van der Waals surface area contributed by atoms with E-state index < -0.39 is 11.9 Å². The van der Waals surface area contributed by atoms with Crippen molar-refractivity contribution in [2.45, 2.75) is 38.6 Å². The van der Waals surface area contributed by atoms with Gasteiger partial charge < -0.3 is 10.4 Å². The Hall–Kier alpha value is -2.32. The van der Waals surface area contributed by atoms with Crippen molar-refractivity contribution in [3.63, 3.8) is 0 Å². The summed E-state index contributed by atoms with van der Waals surface area (Å²) in [6.45, 7) is 7.16. The molecular weight excluding hydrogens is 344 g/mol. The summed E-state index contributed by atoms with van der Waals surface area (Å²) in [4.78, 5) is 14.2. The van der Waals surface area contributed by atoms with E-state index in [1.807, 2.05) is 6.92 Å². The first kappa shape index (κ1) is 19.4. The van der Waals surface area contributed by atoms with Gasteiger partial charge in [0, 0.05) is 38.6 Å². The van der Waals surface area contributed by atoms with E-state index in [0.717, 1.165) is 44.7 Å². The van der Waals surface area contributed by atoms with E-state index >= 15 is 0 Å². The molecule has 0 radical (unpaired) electrons. The maximum absolute atomic E-state index is 11.8. The summed E-state index contributed by atoms with van der Waals surface area (Å²) in [5, 5.41) is 27.3. The van der Waals surface area contributed by atoms with Gasteiger partial charge in [-0.3, -0.25) is 9.69 Å². The molecule has 1 fully saturated rings. The number of aromatic nitrogens is 4. The highest BCUT2D eigenvalue weighted by Gasteiger charge is 2.31.